The van der Waals surface area contributed by atoms with Crippen molar-refractivity contribution < 1.29 is 5.11 Å². The highest BCUT2D eigenvalue weighted by atomic mass is 16.3. The predicted molar refractivity (Wildman–Crippen MR) is 45.2 cm³/mol. The number of hydrogen-bond acceptors (Lipinski definition) is 1. The van der Waals surface area contributed by atoms with Crippen LogP contribution in [-0.4, -0.2) is 10.7 Å². The van der Waals surface area contributed by atoms with E-state index in [1.165, 1.54) is 6.42 Å². The molecule has 2 unspecified atom stereocenters. The Morgan fingerprint density at radius 2 is 1.82 bits per heavy atom. The molecule has 0 aromatic carbocycles. The van der Waals surface area contributed by atoms with Gasteiger partial charge >= 0.3 is 0 Å². The molecule has 0 aromatic heterocycles. The maximum Gasteiger partial charge on any atom is 0.0680 e. The standard InChI is InChI=1S/C10H18O/c1-9(2,3)7-6-8(7)10(11)4-5-10/h7-8,11H,4-6H2,1-3H3. The Kier molecular flexibility index (Phi) is 1.26. The van der Waals surface area contributed by atoms with Crippen molar-refractivity contribution in [2.45, 2.75) is 45.6 Å². The average molecular weight is 154 g/mol. The first-order valence-electron chi connectivity index (χ1n) is 4.66. The SMILES string of the molecule is CC(C)(C)C1CC1C1(O)CC1. The van der Waals surface area contributed by atoms with Crippen LogP contribution in [0.4, 0.5) is 0 Å². The van der Waals surface area contributed by atoms with E-state index >= 15 is 0 Å². The number of hydrogen-bond donors (Lipinski definition) is 1. The Bertz CT molecular complexity index is 165. The summed E-state index contributed by atoms with van der Waals surface area (Å²) in [6.07, 6.45) is 3.38. The molecule has 0 amide bonds. The van der Waals surface area contributed by atoms with Crippen molar-refractivity contribution in [2.24, 2.45) is 17.3 Å². The van der Waals surface area contributed by atoms with Crippen LogP contribution in [0.15, 0.2) is 0 Å². The van der Waals surface area contributed by atoms with Gasteiger partial charge < -0.3 is 5.11 Å². The maximum atomic E-state index is 9.80. The van der Waals surface area contributed by atoms with Crippen molar-refractivity contribution in [3.8, 4) is 0 Å². The van der Waals surface area contributed by atoms with Gasteiger partial charge in [-0.1, -0.05) is 20.8 Å². The molecule has 11 heavy (non-hydrogen) atoms. The van der Waals surface area contributed by atoms with Gasteiger partial charge in [-0.15, -0.1) is 0 Å². The zero-order chi connectivity index (χ0) is 8.28. The molecule has 2 aliphatic rings. The third-order valence-electron chi connectivity index (χ3n) is 3.36. The highest BCUT2D eigenvalue weighted by Gasteiger charge is 2.61. The molecule has 2 rings (SSSR count). The zero-order valence-corrected chi connectivity index (χ0v) is 7.72. The topological polar surface area (TPSA) is 20.2 Å². The minimum absolute atomic E-state index is 0.210. The van der Waals surface area contributed by atoms with Crippen LogP contribution in [0, 0.1) is 17.3 Å². The van der Waals surface area contributed by atoms with Crippen molar-refractivity contribution in [1.82, 2.24) is 0 Å². The van der Waals surface area contributed by atoms with Crippen molar-refractivity contribution >= 4 is 0 Å². The number of rotatable bonds is 1. The lowest BCUT2D eigenvalue weighted by atomic mass is 9.87. The lowest BCUT2D eigenvalue weighted by Crippen LogP contribution is -2.17. The van der Waals surface area contributed by atoms with Crippen LogP contribution >= 0.6 is 0 Å². The van der Waals surface area contributed by atoms with E-state index in [-0.39, 0.29) is 5.60 Å². The van der Waals surface area contributed by atoms with Crippen molar-refractivity contribution in [1.29, 1.82) is 0 Å². The summed E-state index contributed by atoms with van der Waals surface area (Å²) in [4.78, 5) is 0. The van der Waals surface area contributed by atoms with E-state index in [4.69, 9.17) is 0 Å². The molecule has 0 aromatic rings. The molecule has 0 bridgehead atoms. The third kappa shape index (κ3) is 1.20. The molecular formula is C10H18O. The summed E-state index contributed by atoms with van der Waals surface area (Å²) in [5, 5.41) is 9.80. The summed E-state index contributed by atoms with van der Waals surface area (Å²) in [7, 11) is 0. The highest BCUT2D eigenvalue weighted by Crippen LogP contribution is 2.62. The van der Waals surface area contributed by atoms with Gasteiger partial charge in [0.05, 0.1) is 5.60 Å². The summed E-state index contributed by atoms with van der Waals surface area (Å²) in [6.45, 7) is 6.84. The van der Waals surface area contributed by atoms with Crippen molar-refractivity contribution in [3.63, 3.8) is 0 Å². The van der Waals surface area contributed by atoms with E-state index < -0.39 is 0 Å². The Balaban J connectivity index is 1.96. The second-order valence-electron chi connectivity index (χ2n) is 5.42. The van der Waals surface area contributed by atoms with E-state index in [9.17, 15) is 5.11 Å². The van der Waals surface area contributed by atoms with E-state index in [0.717, 1.165) is 18.8 Å². The van der Waals surface area contributed by atoms with Crippen LogP contribution < -0.4 is 0 Å². The number of aliphatic hydroxyl groups is 1. The van der Waals surface area contributed by atoms with Gasteiger partial charge in [-0.2, -0.15) is 0 Å². The van der Waals surface area contributed by atoms with Crippen LogP contribution in [0.3, 0.4) is 0 Å². The molecule has 0 heterocycles. The van der Waals surface area contributed by atoms with Crippen LogP contribution in [0.2, 0.25) is 0 Å². The summed E-state index contributed by atoms with van der Waals surface area (Å²) in [6, 6.07) is 0. The van der Waals surface area contributed by atoms with E-state index in [0.29, 0.717) is 11.3 Å². The smallest absolute Gasteiger partial charge is 0.0680 e. The molecule has 0 saturated heterocycles. The molecule has 0 spiro atoms. The largest absolute Gasteiger partial charge is 0.390 e. The summed E-state index contributed by atoms with van der Waals surface area (Å²) in [5.74, 6) is 1.43. The lowest BCUT2D eigenvalue weighted by Gasteiger charge is -2.19. The molecule has 64 valence electrons. The van der Waals surface area contributed by atoms with Crippen LogP contribution in [-0.2, 0) is 0 Å². The Morgan fingerprint density at radius 1 is 1.27 bits per heavy atom. The molecule has 0 aliphatic heterocycles. The molecule has 1 N–H and O–H groups in total. The second-order valence-corrected chi connectivity index (χ2v) is 5.42. The van der Waals surface area contributed by atoms with Crippen LogP contribution in [0.25, 0.3) is 0 Å². The molecular weight excluding hydrogens is 136 g/mol. The molecule has 1 heteroatoms. The maximum absolute atomic E-state index is 9.80. The highest BCUT2D eigenvalue weighted by molar-refractivity contribution is 5.11. The molecule has 1 nitrogen and oxygen atoms in total. The normalized spacial score (nSPS) is 40.4. The molecule has 2 atom stereocenters. The van der Waals surface area contributed by atoms with Gasteiger partial charge in [-0.05, 0) is 36.5 Å². The first kappa shape index (κ1) is 7.60. The van der Waals surface area contributed by atoms with Gasteiger partial charge in [0.2, 0.25) is 0 Å². The lowest BCUT2D eigenvalue weighted by molar-refractivity contribution is 0.108. The van der Waals surface area contributed by atoms with E-state index in [2.05, 4.69) is 20.8 Å². The average Bonchev–Trinajstić information content (AvgIpc) is 2.49. The second kappa shape index (κ2) is 1.82. The van der Waals surface area contributed by atoms with Gasteiger partial charge in [-0.25, -0.2) is 0 Å². The van der Waals surface area contributed by atoms with Gasteiger partial charge in [0.25, 0.3) is 0 Å². The molecule has 2 saturated carbocycles. The van der Waals surface area contributed by atoms with Crippen molar-refractivity contribution in [3.05, 3.63) is 0 Å². The first-order chi connectivity index (χ1) is 4.93. The first-order valence-corrected chi connectivity index (χ1v) is 4.66. The zero-order valence-electron chi connectivity index (χ0n) is 7.72. The quantitative estimate of drug-likeness (QED) is 0.614. The van der Waals surface area contributed by atoms with Gasteiger partial charge in [0.15, 0.2) is 0 Å². The van der Waals surface area contributed by atoms with Gasteiger partial charge in [0, 0.05) is 0 Å². The summed E-state index contributed by atoms with van der Waals surface area (Å²) in [5.41, 5.74) is 0.209. The predicted octanol–water partition coefficient (Wildman–Crippen LogP) is 2.19. The molecule has 2 fully saturated rings. The molecule has 0 radical (unpaired) electrons. The fourth-order valence-electron chi connectivity index (χ4n) is 2.24. The summed E-state index contributed by atoms with van der Waals surface area (Å²) >= 11 is 0. The Morgan fingerprint density at radius 3 is 2.09 bits per heavy atom. The summed E-state index contributed by atoms with van der Waals surface area (Å²) < 4.78 is 0. The molecule has 2 aliphatic carbocycles. The van der Waals surface area contributed by atoms with Crippen LogP contribution in [0.1, 0.15) is 40.0 Å². The fourth-order valence-corrected chi connectivity index (χ4v) is 2.24. The Hall–Kier alpha value is -0.0400. The fraction of sp³-hybridized carbons (Fsp3) is 1.00. The van der Waals surface area contributed by atoms with Gasteiger partial charge in [0.1, 0.15) is 0 Å². The monoisotopic (exact) mass is 154 g/mol. The van der Waals surface area contributed by atoms with Crippen molar-refractivity contribution in [2.75, 3.05) is 0 Å². The van der Waals surface area contributed by atoms with Crippen LogP contribution in [0.5, 0.6) is 0 Å². The third-order valence-corrected chi connectivity index (χ3v) is 3.36. The van der Waals surface area contributed by atoms with E-state index in [1.807, 2.05) is 0 Å². The minimum atomic E-state index is -0.210. The Labute approximate surface area is 68.8 Å². The van der Waals surface area contributed by atoms with E-state index in [1.54, 1.807) is 0 Å². The van der Waals surface area contributed by atoms with Gasteiger partial charge in [-0.3, -0.25) is 0 Å². The minimum Gasteiger partial charge on any atom is -0.390 e.